The quantitative estimate of drug-likeness (QED) is 0.731. The molecular weight excluding hydrogens is 272 g/mol. The van der Waals surface area contributed by atoms with Crippen LogP contribution in [0.3, 0.4) is 0 Å². The highest BCUT2D eigenvalue weighted by Gasteiger charge is 2.27. The Bertz CT molecular complexity index is 651. The van der Waals surface area contributed by atoms with E-state index < -0.39 is 0 Å². The van der Waals surface area contributed by atoms with Crippen molar-refractivity contribution in [1.82, 2.24) is 9.80 Å². The molecule has 2 aromatic rings. The number of hydrogen-bond acceptors (Lipinski definition) is 1. The first-order valence-electron chi connectivity index (χ1n) is 7.99. The summed E-state index contributed by atoms with van der Waals surface area (Å²) in [6.07, 6.45) is 1.93. The Balaban J connectivity index is 1.50. The molecule has 2 aliphatic heterocycles. The fraction of sp³-hybridized carbons (Fsp3) is 0.316. The molecular formula is C19H20N2O. The summed E-state index contributed by atoms with van der Waals surface area (Å²) in [5.74, 6) is 0. The van der Waals surface area contributed by atoms with Crippen molar-refractivity contribution in [3.63, 3.8) is 0 Å². The molecule has 0 atom stereocenters. The molecule has 0 N–H and O–H groups in total. The van der Waals surface area contributed by atoms with Gasteiger partial charge in [-0.2, -0.15) is 0 Å². The third-order valence-corrected chi connectivity index (χ3v) is 4.80. The van der Waals surface area contributed by atoms with Crippen LogP contribution < -0.4 is 0 Å². The van der Waals surface area contributed by atoms with Crippen LogP contribution in [0.15, 0.2) is 48.5 Å². The van der Waals surface area contributed by atoms with E-state index in [1.165, 1.54) is 22.3 Å². The summed E-state index contributed by atoms with van der Waals surface area (Å²) in [5.41, 5.74) is 5.35. The lowest BCUT2D eigenvalue weighted by Gasteiger charge is -2.36. The molecule has 0 unspecified atom stereocenters. The van der Waals surface area contributed by atoms with Crippen molar-refractivity contribution in [1.29, 1.82) is 0 Å². The third-order valence-electron chi connectivity index (χ3n) is 4.80. The van der Waals surface area contributed by atoms with Crippen LogP contribution in [0.1, 0.15) is 22.3 Å². The van der Waals surface area contributed by atoms with Crippen molar-refractivity contribution in [2.45, 2.75) is 25.9 Å². The van der Waals surface area contributed by atoms with E-state index in [1.807, 2.05) is 9.80 Å². The Labute approximate surface area is 131 Å². The molecule has 4 rings (SSSR count). The van der Waals surface area contributed by atoms with Crippen LogP contribution in [0.25, 0.3) is 0 Å². The third kappa shape index (κ3) is 2.37. The summed E-state index contributed by atoms with van der Waals surface area (Å²) in [6, 6.07) is 17.1. The molecule has 0 saturated carbocycles. The Morgan fingerprint density at radius 2 is 1.09 bits per heavy atom. The Kier molecular flexibility index (Phi) is 3.34. The van der Waals surface area contributed by atoms with E-state index in [4.69, 9.17) is 0 Å². The second-order valence-corrected chi connectivity index (χ2v) is 6.16. The van der Waals surface area contributed by atoms with Gasteiger partial charge in [0.2, 0.25) is 0 Å². The minimum absolute atomic E-state index is 0.184. The Morgan fingerprint density at radius 1 is 0.682 bits per heavy atom. The number of urea groups is 1. The first-order chi connectivity index (χ1) is 10.8. The van der Waals surface area contributed by atoms with Gasteiger partial charge in [-0.3, -0.25) is 0 Å². The predicted octanol–water partition coefficient (Wildman–Crippen LogP) is 3.22. The van der Waals surface area contributed by atoms with Gasteiger partial charge in [0, 0.05) is 26.2 Å². The van der Waals surface area contributed by atoms with Gasteiger partial charge < -0.3 is 9.80 Å². The van der Waals surface area contributed by atoms with Crippen LogP contribution in [-0.2, 0) is 25.9 Å². The zero-order valence-corrected chi connectivity index (χ0v) is 12.7. The van der Waals surface area contributed by atoms with Gasteiger partial charge in [0.15, 0.2) is 0 Å². The molecule has 0 aliphatic carbocycles. The van der Waals surface area contributed by atoms with Crippen molar-refractivity contribution < 1.29 is 4.79 Å². The fourth-order valence-corrected chi connectivity index (χ4v) is 3.52. The number of nitrogens with zero attached hydrogens (tertiary/aromatic N) is 2. The van der Waals surface area contributed by atoms with Gasteiger partial charge in [0.1, 0.15) is 0 Å². The lowest BCUT2D eigenvalue weighted by atomic mass is 9.99. The molecule has 0 aromatic heterocycles. The van der Waals surface area contributed by atoms with Gasteiger partial charge in [0.25, 0.3) is 0 Å². The minimum Gasteiger partial charge on any atom is -0.320 e. The number of rotatable bonds is 0. The molecule has 112 valence electrons. The van der Waals surface area contributed by atoms with Crippen LogP contribution in [0, 0.1) is 0 Å². The summed E-state index contributed by atoms with van der Waals surface area (Å²) in [4.78, 5) is 16.8. The van der Waals surface area contributed by atoms with Crippen molar-refractivity contribution in [3.8, 4) is 0 Å². The zero-order valence-electron chi connectivity index (χ0n) is 12.7. The fourth-order valence-electron chi connectivity index (χ4n) is 3.52. The van der Waals surface area contributed by atoms with E-state index in [1.54, 1.807) is 0 Å². The van der Waals surface area contributed by atoms with Crippen molar-refractivity contribution >= 4 is 6.03 Å². The summed E-state index contributed by atoms with van der Waals surface area (Å²) in [5, 5.41) is 0. The van der Waals surface area contributed by atoms with Gasteiger partial charge in [-0.1, -0.05) is 48.5 Å². The molecule has 2 heterocycles. The second kappa shape index (κ2) is 5.48. The molecule has 2 amide bonds. The Morgan fingerprint density at radius 3 is 1.55 bits per heavy atom. The maximum atomic E-state index is 12.8. The maximum absolute atomic E-state index is 12.8. The highest BCUT2D eigenvalue weighted by atomic mass is 16.2. The van der Waals surface area contributed by atoms with Gasteiger partial charge in [-0.05, 0) is 35.1 Å². The van der Waals surface area contributed by atoms with Gasteiger partial charge >= 0.3 is 6.03 Å². The average Bonchev–Trinajstić information content (AvgIpc) is 2.60. The van der Waals surface area contributed by atoms with E-state index in [-0.39, 0.29) is 6.03 Å². The van der Waals surface area contributed by atoms with E-state index in [0.717, 1.165) is 39.0 Å². The molecule has 22 heavy (non-hydrogen) atoms. The molecule has 2 aliphatic rings. The van der Waals surface area contributed by atoms with E-state index in [0.29, 0.717) is 0 Å². The van der Waals surface area contributed by atoms with Crippen LogP contribution in [0.5, 0.6) is 0 Å². The Hall–Kier alpha value is -2.29. The van der Waals surface area contributed by atoms with Crippen LogP contribution in [0.4, 0.5) is 4.79 Å². The summed E-state index contributed by atoms with van der Waals surface area (Å²) in [6.45, 7) is 3.14. The van der Waals surface area contributed by atoms with Crippen LogP contribution in [-0.4, -0.2) is 28.9 Å². The second-order valence-electron chi connectivity index (χ2n) is 6.16. The smallest absolute Gasteiger partial charge is 0.320 e. The first kappa shape index (κ1) is 13.4. The average molecular weight is 292 g/mol. The summed E-state index contributed by atoms with van der Waals surface area (Å²) in [7, 11) is 0. The molecule has 2 aromatic carbocycles. The number of carbonyl (C=O) groups is 1. The van der Waals surface area contributed by atoms with Crippen molar-refractivity contribution in [3.05, 3.63) is 70.8 Å². The molecule has 3 nitrogen and oxygen atoms in total. The van der Waals surface area contributed by atoms with Crippen molar-refractivity contribution in [2.75, 3.05) is 13.1 Å². The number of benzene rings is 2. The lowest BCUT2D eigenvalue weighted by Crippen LogP contribution is -2.47. The number of carbonyl (C=O) groups excluding carboxylic acids is 1. The zero-order chi connectivity index (χ0) is 14.9. The molecule has 0 radical (unpaired) electrons. The number of hydrogen-bond donors (Lipinski definition) is 0. The number of fused-ring (bicyclic) bond motifs is 2. The van der Waals surface area contributed by atoms with Crippen LogP contribution in [0.2, 0.25) is 0 Å². The minimum atomic E-state index is 0.184. The molecule has 0 spiro atoms. The first-order valence-corrected chi connectivity index (χ1v) is 7.99. The van der Waals surface area contributed by atoms with Crippen LogP contribution >= 0.6 is 0 Å². The van der Waals surface area contributed by atoms with Crippen molar-refractivity contribution in [2.24, 2.45) is 0 Å². The monoisotopic (exact) mass is 292 g/mol. The maximum Gasteiger partial charge on any atom is 0.320 e. The standard InChI is InChI=1S/C19H20N2O/c22-19(20-11-9-15-5-1-3-7-17(15)13-20)21-12-10-16-6-2-4-8-18(16)14-21/h1-8H,9-14H2. The summed E-state index contributed by atoms with van der Waals surface area (Å²) < 4.78 is 0. The van der Waals surface area contributed by atoms with E-state index >= 15 is 0 Å². The highest BCUT2D eigenvalue weighted by molar-refractivity contribution is 5.75. The highest BCUT2D eigenvalue weighted by Crippen LogP contribution is 2.23. The van der Waals surface area contributed by atoms with Gasteiger partial charge in [-0.25, -0.2) is 4.79 Å². The molecule has 0 saturated heterocycles. The van der Waals surface area contributed by atoms with E-state index in [9.17, 15) is 4.79 Å². The topological polar surface area (TPSA) is 23.6 Å². The van der Waals surface area contributed by atoms with E-state index in [2.05, 4.69) is 48.5 Å². The normalized spacial score (nSPS) is 16.9. The molecule has 0 bridgehead atoms. The predicted molar refractivity (Wildman–Crippen MR) is 86.5 cm³/mol. The number of amides is 2. The molecule has 3 heteroatoms. The lowest BCUT2D eigenvalue weighted by molar-refractivity contribution is 0.142. The largest absolute Gasteiger partial charge is 0.320 e. The SMILES string of the molecule is O=C(N1CCc2ccccc2C1)N1CCc2ccccc2C1. The van der Waals surface area contributed by atoms with Gasteiger partial charge in [0.05, 0.1) is 0 Å². The summed E-state index contributed by atoms with van der Waals surface area (Å²) >= 11 is 0. The van der Waals surface area contributed by atoms with Gasteiger partial charge in [-0.15, -0.1) is 0 Å². The molecule has 0 fully saturated rings.